The van der Waals surface area contributed by atoms with Crippen molar-refractivity contribution in [1.82, 2.24) is 4.90 Å². The third-order valence-electron chi connectivity index (χ3n) is 3.65. The molecule has 0 aliphatic carbocycles. The van der Waals surface area contributed by atoms with Gasteiger partial charge in [0.15, 0.2) is 6.61 Å². The number of aryl methyl sites for hydroxylation is 2. The predicted molar refractivity (Wildman–Crippen MR) is 88.9 cm³/mol. The minimum absolute atomic E-state index is 0.00672. The van der Waals surface area contributed by atoms with Crippen LogP contribution in [0.2, 0.25) is 0 Å². The summed E-state index contributed by atoms with van der Waals surface area (Å²) in [6, 6.07) is 16.0. The standard InChI is InChI=1S/C19H23NO2/c1-4-20(13-17-8-6-5-7-9-17)19(21)14-22-18-12-15(2)10-11-16(18)3/h5-12H,4,13-14H2,1-3H3. The van der Waals surface area contributed by atoms with Crippen molar-refractivity contribution in [2.75, 3.05) is 13.2 Å². The maximum Gasteiger partial charge on any atom is 0.260 e. The fourth-order valence-electron chi connectivity index (χ4n) is 2.27. The van der Waals surface area contributed by atoms with Crippen LogP contribution in [0.5, 0.6) is 5.75 Å². The Morgan fingerprint density at radius 3 is 2.50 bits per heavy atom. The van der Waals surface area contributed by atoms with Crippen LogP contribution in [0.3, 0.4) is 0 Å². The Kier molecular flexibility index (Phi) is 5.59. The van der Waals surface area contributed by atoms with Gasteiger partial charge in [-0.2, -0.15) is 0 Å². The number of amides is 1. The van der Waals surface area contributed by atoms with Crippen molar-refractivity contribution in [2.24, 2.45) is 0 Å². The lowest BCUT2D eigenvalue weighted by atomic mass is 10.1. The lowest BCUT2D eigenvalue weighted by Gasteiger charge is -2.21. The first-order chi connectivity index (χ1) is 10.6. The van der Waals surface area contributed by atoms with Gasteiger partial charge < -0.3 is 9.64 Å². The molecule has 2 aromatic carbocycles. The SMILES string of the molecule is CCN(Cc1ccccc1)C(=O)COc1cc(C)ccc1C. The van der Waals surface area contributed by atoms with E-state index < -0.39 is 0 Å². The zero-order chi connectivity index (χ0) is 15.9. The van der Waals surface area contributed by atoms with E-state index in [1.165, 1.54) is 0 Å². The van der Waals surface area contributed by atoms with Crippen LogP contribution in [0.1, 0.15) is 23.6 Å². The second-order valence-electron chi connectivity index (χ2n) is 5.45. The minimum Gasteiger partial charge on any atom is -0.483 e. The van der Waals surface area contributed by atoms with E-state index in [0.717, 1.165) is 22.4 Å². The van der Waals surface area contributed by atoms with E-state index in [1.807, 2.05) is 69.3 Å². The van der Waals surface area contributed by atoms with Crippen LogP contribution >= 0.6 is 0 Å². The first-order valence-electron chi connectivity index (χ1n) is 7.62. The number of carbonyl (C=O) groups is 1. The van der Waals surface area contributed by atoms with Crippen molar-refractivity contribution in [2.45, 2.75) is 27.3 Å². The zero-order valence-electron chi connectivity index (χ0n) is 13.5. The van der Waals surface area contributed by atoms with Gasteiger partial charge >= 0.3 is 0 Å². The summed E-state index contributed by atoms with van der Waals surface area (Å²) in [6.45, 7) is 7.35. The molecule has 116 valence electrons. The van der Waals surface area contributed by atoms with Gasteiger partial charge in [-0.1, -0.05) is 42.5 Å². The van der Waals surface area contributed by atoms with Crippen molar-refractivity contribution in [1.29, 1.82) is 0 Å². The van der Waals surface area contributed by atoms with Gasteiger partial charge in [-0.3, -0.25) is 4.79 Å². The number of likely N-dealkylation sites (N-methyl/N-ethyl adjacent to an activating group) is 1. The fourth-order valence-corrected chi connectivity index (χ4v) is 2.27. The smallest absolute Gasteiger partial charge is 0.260 e. The van der Waals surface area contributed by atoms with E-state index in [4.69, 9.17) is 4.74 Å². The van der Waals surface area contributed by atoms with Gasteiger partial charge in [-0.25, -0.2) is 0 Å². The maximum absolute atomic E-state index is 12.3. The first kappa shape index (κ1) is 16.1. The van der Waals surface area contributed by atoms with Gasteiger partial charge in [0.05, 0.1) is 0 Å². The van der Waals surface area contributed by atoms with Crippen LogP contribution < -0.4 is 4.74 Å². The topological polar surface area (TPSA) is 29.5 Å². The van der Waals surface area contributed by atoms with E-state index in [0.29, 0.717) is 13.1 Å². The Labute approximate surface area is 132 Å². The number of ether oxygens (including phenoxy) is 1. The summed E-state index contributed by atoms with van der Waals surface area (Å²) in [5.41, 5.74) is 3.30. The van der Waals surface area contributed by atoms with Crippen LogP contribution in [0.25, 0.3) is 0 Å². The molecule has 0 fully saturated rings. The lowest BCUT2D eigenvalue weighted by molar-refractivity contribution is -0.133. The summed E-state index contributed by atoms with van der Waals surface area (Å²) in [5, 5.41) is 0. The molecule has 2 aromatic rings. The Hall–Kier alpha value is -2.29. The number of benzene rings is 2. The normalized spacial score (nSPS) is 10.3. The molecule has 0 saturated carbocycles. The molecule has 3 heteroatoms. The van der Waals surface area contributed by atoms with Crippen LogP contribution in [-0.4, -0.2) is 24.0 Å². The molecule has 1 amide bonds. The first-order valence-corrected chi connectivity index (χ1v) is 7.62. The van der Waals surface area contributed by atoms with Gasteiger partial charge in [0.2, 0.25) is 0 Å². The van der Waals surface area contributed by atoms with E-state index in [9.17, 15) is 4.79 Å². The highest BCUT2D eigenvalue weighted by Gasteiger charge is 2.13. The molecule has 0 bridgehead atoms. The third-order valence-corrected chi connectivity index (χ3v) is 3.65. The van der Waals surface area contributed by atoms with E-state index in [2.05, 4.69) is 0 Å². The number of carbonyl (C=O) groups excluding carboxylic acids is 1. The molecule has 0 N–H and O–H groups in total. The highest BCUT2D eigenvalue weighted by Crippen LogP contribution is 2.19. The minimum atomic E-state index is 0.00672. The van der Waals surface area contributed by atoms with Gasteiger partial charge in [0.25, 0.3) is 5.91 Å². The molecule has 0 atom stereocenters. The van der Waals surface area contributed by atoms with Gasteiger partial charge in [0, 0.05) is 13.1 Å². The molecule has 2 rings (SSSR count). The molecular formula is C19H23NO2. The highest BCUT2D eigenvalue weighted by molar-refractivity contribution is 5.77. The van der Waals surface area contributed by atoms with Crippen molar-refractivity contribution < 1.29 is 9.53 Å². The van der Waals surface area contributed by atoms with Crippen molar-refractivity contribution in [3.63, 3.8) is 0 Å². The molecule has 3 nitrogen and oxygen atoms in total. The summed E-state index contributed by atoms with van der Waals surface area (Å²) < 4.78 is 5.71. The molecule has 0 aliphatic rings. The Morgan fingerprint density at radius 1 is 1.09 bits per heavy atom. The second-order valence-corrected chi connectivity index (χ2v) is 5.45. The van der Waals surface area contributed by atoms with E-state index in [1.54, 1.807) is 4.90 Å². The lowest BCUT2D eigenvalue weighted by Crippen LogP contribution is -2.34. The second kappa shape index (κ2) is 7.64. The van der Waals surface area contributed by atoms with Crippen molar-refractivity contribution >= 4 is 5.91 Å². The Morgan fingerprint density at radius 2 is 1.82 bits per heavy atom. The van der Waals surface area contributed by atoms with Crippen LogP contribution in [0.15, 0.2) is 48.5 Å². The van der Waals surface area contributed by atoms with E-state index >= 15 is 0 Å². The molecule has 0 radical (unpaired) electrons. The van der Waals surface area contributed by atoms with Crippen LogP contribution in [-0.2, 0) is 11.3 Å². The Balaban J connectivity index is 1.96. The molecule has 0 aromatic heterocycles. The van der Waals surface area contributed by atoms with Crippen LogP contribution in [0.4, 0.5) is 0 Å². The summed E-state index contributed by atoms with van der Waals surface area (Å²) in [5.74, 6) is 0.788. The van der Waals surface area contributed by atoms with Crippen molar-refractivity contribution in [3.8, 4) is 5.75 Å². The molecule has 0 unspecified atom stereocenters. The fraction of sp³-hybridized carbons (Fsp3) is 0.316. The number of rotatable bonds is 6. The summed E-state index contributed by atoms with van der Waals surface area (Å²) >= 11 is 0. The van der Waals surface area contributed by atoms with E-state index in [-0.39, 0.29) is 12.5 Å². The molecule has 0 aliphatic heterocycles. The third kappa shape index (κ3) is 4.35. The molecular weight excluding hydrogens is 274 g/mol. The molecule has 0 spiro atoms. The molecule has 22 heavy (non-hydrogen) atoms. The van der Waals surface area contributed by atoms with Crippen LogP contribution in [0, 0.1) is 13.8 Å². The maximum atomic E-state index is 12.3. The van der Waals surface area contributed by atoms with Crippen molar-refractivity contribution in [3.05, 3.63) is 65.2 Å². The molecule has 0 heterocycles. The average Bonchev–Trinajstić information content (AvgIpc) is 2.54. The summed E-state index contributed by atoms with van der Waals surface area (Å²) in [7, 11) is 0. The number of hydrogen-bond acceptors (Lipinski definition) is 2. The summed E-state index contributed by atoms with van der Waals surface area (Å²) in [6.07, 6.45) is 0. The monoisotopic (exact) mass is 297 g/mol. The number of nitrogens with zero attached hydrogens (tertiary/aromatic N) is 1. The van der Waals surface area contributed by atoms with Gasteiger partial charge in [-0.05, 0) is 43.5 Å². The number of hydrogen-bond donors (Lipinski definition) is 0. The Bertz CT molecular complexity index is 623. The zero-order valence-corrected chi connectivity index (χ0v) is 13.5. The predicted octanol–water partition coefficient (Wildman–Crippen LogP) is 3.73. The van der Waals surface area contributed by atoms with Gasteiger partial charge in [0.1, 0.15) is 5.75 Å². The molecule has 0 saturated heterocycles. The highest BCUT2D eigenvalue weighted by atomic mass is 16.5. The van der Waals surface area contributed by atoms with Gasteiger partial charge in [-0.15, -0.1) is 0 Å². The average molecular weight is 297 g/mol. The quantitative estimate of drug-likeness (QED) is 0.813. The largest absolute Gasteiger partial charge is 0.483 e. The summed E-state index contributed by atoms with van der Waals surface area (Å²) in [4.78, 5) is 14.2.